The molecule has 0 radical (unpaired) electrons. The van der Waals surface area contributed by atoms with Crippen molar-refractivity contribution in [2.24, 2.45) is 5.73 Å². The van der Waals surface area contributed by atoms with Crippen molar-refractivity contribution in [2.75, 3.05) is 36.4 Å². The Balaban J connectivity index is 1.34. The predicted octanol–water partition coefficient (Wildman–Crippen LogP) is 4.05. The quantitative estimate of drug-likeness (QED) is 0.400. The van der Waals surface area contributed by atoms with E-state index in [1.165, 1.54) is 4.90 Å². The molecule has 1 aliphatic heterocycles. The van der Waals surface area contributed by atoms with Crippen LogP contribution in [0.15, 0.2) is 60.7 Å². The highest BCUT2D eigenvalue weighted by atomic mass is 19.1. The summed E-state index contributed by atoms with van der Waals surface area (Å²) in [6.45, 7) is 1.34. The molecule has 2 fully saturated rings. The van der Waals surface area contributed by atoms with Gasteiger partial charge in [0.15, 0.2) is 0 Å². The molecule has 2 aliphatic rings. The minimum Gasteiger partial charge on any atom is -0.366 e. The third kappa shape index (κ3) is 7.16. The molecule has 0 bridgehead atoms. The van der Waals surface area contributed by atoms with Gasteiger partial charge in [0.05, 0.1) is 23.0 Å². The number of nitrogens with two attached hydrogens (primary N) is 1. The van der Waals surface area contributed by atoms with Crippen molar-refractivity contribution >= 4 is 29.1 Å². The summed E-state index contributed by atoms with van der Waals surface area (Å²) in [5, 5.41) is 15.1. The highest BCUT2D eigenvalue weighted by Crippen LogP contribution is 2.30. The number of nitrogens with zero attached hydrogens (tertiary/aromatic N) is 3. The number of amides is 3. The maximum absolute atomic E-state index is 13.7. The van der Waals surface area contributed by atoms with Crippen molar-refractivity contribution in [2.45, 2.75) is 37.8 Å². The minimum atomic E-state index is -0.819. The predicted molar refractivity (Wildman–Crippen MR) is 158 cm³/mol. The molecule has 3 aromatic rings. The van der Waals surface area contributed by atoms with Gasteiger partial charge in [0.2, 0.25) is 0 Å². The number of nitrogens with one attached hydrogen (secondary N) is 2. The second-order valence-corrected chi connectivity index (χ2v) is 10.9. The lowest BCUT2D eigenvalue weighted by Crippen LogP contribution is -2.49. The molecule has 3 aromatic carbocycles. The van der Waals surface area contributed by atoms with E-state index in [-0.39, 0.29) is 36.6 Å². The van der Waals surface area contributed by atoms with Crippen molar-refractivity contribution < 1.29 is 23.2 Å². The number of hydrogen-bond acceptors (Lipinski definition) is 6. The number of nitriles is 1. The number of carbonyl (C=O) groups excluding carboxylic acids is 3. The number of anilines is 2. The number of piperazine rings is 1. The molecule has 11 heteroatoms. The molecule has 1 saturated carbocycles. The third-order valence-corrected chi connectivity index (χ3v) is 7.91. The second-order valence-electron chi connectivity index (χ2n) is 10.9. The van der Waals surface area contributed by atoms with Crippen LogP contribution < -0.4 is 21.3 Å². The van der Waals surface area contributed by atoms with Crippen LogP contribution in [0.25, 0.3) is 0 Å². The molecular weight excluding hydrogens is 554 g/mol. The summed E-state index contributed by atoms with van der Waals surface area (Å²) in [7, 11) is 0. The van der Waals surface area contributed by atoms with Crippen LogP contribution >= 0.6 is 0 Å². The van der Waals surface area contributed by atoms with Crippen LogP contribution in [0.5, 0.6) is 0 Å². The summed E-state index contributed by atoms with van der Waals surface area (Å²) >= 11 is 0. The van der Waals surface area contributed by atoms with Crippen LogP contribution in [0.3, 0.4) is 0 Å². The van der Waals surface area contributed by atoms with E-state index < -0.39 is 23.4 Å². The van der Waals surface area contributed by atoms with Crippen molar-refractivity contribution in [3.05, 3.63) is 94.6 Å². The van der Waals surface area contributed by atoms with Gasteiger partial charge in [0.1, 0.15) is 11.6 Å². The molecule has 1 aliphatic carbocycles. The van der Waals surface area contributed by atoms with E-state index >= 15 is 0 Å². The summed E-state index contributed by atoms with van der Waals surface area (Å²) in [5.74, 6) is -2.77. The highest BCUT2D eigenvalue weighted by molar-refractivity contribution is 6.07. The largest absolute Gasteiger partial charge is 0.366 e. The molecule has 222 valence electrons. The van der Waals surface area contributed by atoms with E-state index in [9.17, 15) is 23.2 Å². The average molecular weight is 587 g/mol. The standard InChI is InChI=1S/C32H32F2N6O3/c33-24-15-23(16-25(34)18-24)32(43)40-13-11-39(12-14-40)29-10-5-22(31(42)37-27-8-6-26(36)7-9-27)17-28(29)38-30(41)21-3-1-20(19-35)2-4-21/h1-5,10,15-18,26-27H,6-9,11-14,36H2,(H,37,42)(H,38,41). The molecule has 5 rings (SSSR count). The second kappa shape index (κ2) is 13.0. The number of hydrogen-bond donors (Lipinski definition) is 3. The number of halogens is 2. The van der Waals surface area contributed by atoms with Gasteiger partial charge in [0.25, 0.3) is 17.7 Å². The Kier molecular flexibility index (Phi) is 8.97. The molecule has 0 unspecified atom stereocenters. The fourth-order valence-electron chi connectivity index (χ4n) is 5.49. The molecule has 4 N–H and O–H groups in total. The maximum atomic E-state index is 13.7. The van der Waals surface area contributed by atoms with Gasteiger partial charge in [0, 0.05) is 61.0 Å². The Morgan fingerprint density at radius 1 is 0.791 bits per heavy atom. The van der Waals surface area contributed by atoms with E-state index in [2.05, 4.69) is 10.6 Å². The molecule has 9 nitrogen and oxygen atoms in total. The van der Waals surface area contributed by atoms with Crippen LogP contribution in [0.2, 0.25) is 0 Å². The van der Waals surface area contributed by atoms with Gasteiger partial charge in [-0.2, -0.15) is 5.26 Å². The third-order valence-electron chi connectivity index (χ3n) is 7.91. The zero-order chi connectivity index (χ0) is 30.5. The molecule has 1 heterocycles. The van der Waals surface area contributed by atoms with Crippen molar-refractivity contribution in [1.82, 2.24) is 10.2 Å². The van der Waals surface area contributed by atoms with Crippen LogP contribution in [-0.4, -0.2) is 60.9 Å². The maximum Gasteiger partial charge on any atom is 0.255 e. The Morgan fingerprint density at radius 2 is 1.42 bits per heavy atom. The van der Waals surface area contributed by atoms with Gasteiger partial charge in [-0.3, -0.25) is 14.4 Å². The number of benzene rings is 3. The molecule has 1 saturated heterocycles. The average Bonchev–Trinajstić information content (AvgIpc) is 3.01. The minimum absolute atomic E-state index is 0.0286. The van der Waals surface area contributed by atoms with Crippen LogP contribution in [0.1, 0.15) is 62.3 Å². The molecule has 0 atom stereocenters. The molecular formula is C32H32F2N6O3. The van der Waals surface area contributed by atoms with Gasteiger partial charge in [-0.1, -0.05) is 0 Å². The number of rotatable bonds is 6. The molecule has 3 amide bonds. The summed E-state index contributed by atoms with van der Waals surface area (Å²) in [6.07, 6.45) is 3.30. The Bertz CT molecular complexity index is 1540. The molecule has 0 aromatic heterocycles. The van der Waals surface area contributed by atoms with Gasteiger partial charge in [-0.15, -0.1) is 0 Å². The normalized spacial score (nSPS) is 18.5. The summed E-state index contributed by atoms with van der Waals surface area (Å²) in [5.41, 5.74) is 8.17. The van der Waals surface area contributed by atoms with Crippen LogP contribution in [-0.2, 0) is 0 Å². The van der Waals surface area contributed by atoms with E-state index in [4.69, 9.17) is 11.0 Å². The summed E-state index contributed by atoms with van der Waals surface area (Å²) < 4.78 is 27.4. The zero-order valence-electron chi connectivity index (χ0n) is 23.5. The van der Waals surface area contributed by atoms with Gasteiger partial charge < -0.3 is 26.2 Å². The van der Waals surface area contributed by atoms with Gasteiger partial charge >= 0.3 is 0 Å². The van der Waals surface area contributed by atoms with Crippen molar-refractivity contribution in [3.8, 4) is 6.07 Å². The van der Waals surface area contributed by atoms with Crippen LogP contribution in [0.4, 0.5) is 20.2 Å². The number of carbonyl (C=O) groups is 3. The topological polar surface area (TPSA) is 132 Å². The van der Waals surface area contributed by atoms with Gasteiger partial charge in [-0.05, 0) is 80.3 Å². The lowest BCUT2D eigenvalue weighted by Gasteiger charge is -2.37. The highest BCUT2D eigenvalue weighted by Gasteiger charge is 2.26. The van der Waals surface area contributed by atoms with Crippen molar-refractivity contribution in [3.63, 3.8) is 0 Å². The Labute approximate surface area is 248 Å². The SMILES string of the molecule is N#Cc1ccc(C(=O)Nc2cc(C(=O)NC3CCC(N)CC3)ccc2N2CCN(C(=O)c3cc(F)cc(F)c3)CC2)cc1. The van der Waals surface area contributed by atoms with E-state index in [1.807, 2.05) is 11.0 Å². The zero-order valence-corrected chi connectivity index (χ0v) is 23.5. The van der Waals surface area contributed by atoms with Crippen molar-refractivity contribution in [1.29, 1.82) is 5.26 Å². The first-order chi connectivity index (χ1) is 20.7. The van der Waals surface area contributed by atoms with Gasteiger partial charge in [-0.25, -0.2) is 8.78 Å². The van der Waals surface area contributed by atoms with E-state index in [0.717, 1.165) is 43.9 Å². The summed E-state index contributed by atoms with van der Waals surface area (Å²) in [6, 6.07) is 16.3. The fraction of sp³-hybridized carbons (Fsp3) is 0.312. The first-order valence-corrected chi connectivity index (χ1v) is 14.2. The Morgan fingerprint density at radius 3 is 2.05 bits per heavy atom. The lowest BCUT2D eigenvalue weighted by molar-refractivity contribution is 0.0745. The first-order valence-electron chi connectivity index (χ1n) is 14.2. The smallest absolute Gasteiger partial charge is 0.255 e. The molecule has 0 spiro atoms. The van der Waals surface area contributed by atoms with E-state index in [0.29, 0.717) is 41.2 Å². The lowest BCUT2D eigenvalue weighted by atomic mass is 9.91. The van der Waals surface area contributed by atoms with Crippen LogP contribution in [0, 0.1) is 23.0 Å². The Hall–Kier alpha value is -4.82. The van der Waals surface area contributed by atoms with E-state index in [1.54, 1.807) is 42.5 Å². The monoisotopic (exact) mass is 586 g/mol. The fourth-order valence-corrected chi connectivity index (χ4v) is 5.49. The summed E-state index contributed by atoms with van der Waals surface area (Å²) in [4.78, 5) is 42.8. The first kappa shape index (κ1) is 29.7. The molecule has 43 heavy (non-hydrogen) atoms.